The fourth-order valence-electron chi connectivity index (χ4n) is 2.65. The molecule has 0 saturated heterocycles. The Bertz CT molecular complexity index is 606. The van der Waals surface area contributed by atoms with Gasteiger partial charge in [0.1, 0.15) is 0 Å². The average Bonchev–Trinajstić information content (AvgIpc) is 2.68. The second kappa shape index (κ2) is 4.63. The van der Waals surface area contributed by atoms with Crippen LogP contribution in [0.25, 0.3) is 10.9 Å². The molecular weight excluding hydrogens is 250 g/mol. The molecule has 0 aliphatic heterocycles. The molecule has 1 atom stereocenters. The first-order valence-electron chi connectivity index (χ1n) is 5.86. The summed E-state index contributed by atoms with van der Waals surface area (Å²) in [6, 6.07) is 5.60. The second-order valence-electron chi connectivity index (χ2n) is 4.64. The molecule has 1 aromatic carbocycles. The highest BCUT2D eigenvalue weighted by Crippen LogP contribution is 2.33. The summed E-state index contributed by atoms with van der Waals surface area (Å²) in [7, 11) is 0. The number of H-pyrrole nitrogens is 1. The zero-order valence-electron chi connectivity index (χ0n) is 9.90. The normalized spacial score (nSPS) is 18.2. The number of nitrogens with one attached hydrogen (secondary N) is 1. The number of aromatic nitrogens is 1. The third kappa shape index (κ3) is 1.87. The van der Waals surface area contributed by atoms with Crippen LogP contribution in [-0.4, -0.2) is 10.9 Å². The number of benzene rings is 1. The number of nitrogens with two attached hydrogens (primary N) is 2. The van der Waals surface area contributed by atoms with Crippen LogP contribution in [0.1, 0.15) is 40.5 Å². The molecule has 0 saturated carbocycles. The summed E-state index contributed by atoms with van der Waals surface area (Å²) in [6.45, 7) is 0. The third-order valence-electron chi connectivity index (χ3n) is 3.54. The van der Waals surface area contributed by atoms with Crippen molar-refractivity contribution < 1.29 is 4.79 Å². The van der Waals surface area contributed by atoms with E-state index in [-0.39, 0.29) is 24.4 Å². The lowest BCUT2D eigenvalue weighted by atomic mass is 9.92. The van der Waals surface area contributed by atoms with Gasteiger partial charge in [0.15, 0.2) is 0 Å². The highest BCUT2D eigenvalue weighted by atomic mass is 35.5. The van der Waals surface area contributed by atoms with E-state index >= 15 is 0 Å². The van der Waals surface area contributed by atoms with Crippen LogP contribution in [0.3, 0.4) is 0 Å². The minimum atomic E-state index is -0.387. The number of carbonyl (C=O) groups excluding carboxylic acids is 1. The number of carbonyl (C=O) groups is 1. The van der Waals surface area contributed by atoms with Crippen molar-refractivity contribution in [1.29, 1.82) is 0 Å². The van der Waals surface area contributed by atoms with E-state index in [4.69, 9.17) is 11.5 Å². The fraction of sp³-hybridized carbons (Fsp3) is 0.308. The summed E-state index contributed by atoms with van der Waals surface area (Å²) in [4.78, 5) is 14.5. The van der Waals surface area contributed by atoms with Crippen LogP contribution in [0.4, 0.5) is 0 Å². The van der Waals surface area contributed by atoms with Crippen LogP contribution in [-0.2, 0) is 6.42 Å². The van der Waals surface area contributed by atoms with Crippen molar-refractivity contribution in [2.75, 3.05) is 0 Å². The van der Waals surface area contributed by atoms with Gasteiger partial charge in [-0.15, -0.1) is 12.4 Å². The summed E-state index contributed by atoms with van der Waals surface area (Å²) in [6.07, 6.45) is 3.13. The van der Waals surface area contributed by atoms with Crippen LogP contribution in [0.15, 0.2) is 18.2 Å². The summed E-state index contributed by atoms with van der Waals surface area (Å²) >= 11 is 0. The van der Waals surface area contributed by atoms with E-state index in [1.54, 1.807) is 6.07 Å². The smallest absolute Gasteiger partial charge is 0.248 e. The molecule has 96 valence electrons. The molecule has 1 aromatic heterocycles. The van der Waals surface area contributed by atoms with E-state index in [0.717, 1.165) is 35.9 Å². The number of hydrogen-bond acceptors (Lipinski definition) is 2. The molecule has 1 aliphatic rings. The number of hydrogen-bond donors (Lipinski definition) is 3. The minimum absolute atomic E-state index is 0. The Labute approximate surface area is 111 Å². The number of halogens is 1. The molecule has 4 nitrogen and oxygen atoms in total. The molecule has 5 N–H and O–H groups in total. The van der Waals surface area contributed by atoms with Crippen LogP contribution in [0.2, 0.25) is 0 Å². The highest BCUT2D eigenvalue weighted by molar-refractivity contribution is 5.98. The molecule has 1 heterocycles. The Morgan fingerprint density at radius 2 is 2.17 bits per heavy atom. The van der Waals surface area contributed by atoms with Gasteiger partial charge in [0.25, 0.3) is 0 Å². The predicted molar refractivity (Wildman–Crippen MR) is 73.9 cm³/mol. The fourth-order valence-corrected chi connectivity index (χ4v) is 2.65. The maximum absolute atomic E-state index is 11.2. The van der Waals surface area contributed by atoms with Crippen molar-refractivity contribution in [1.82, 2.24) is 4.98 Å². The number of aryl methyl sites for hydroxylation is 1. The Kier molecular flexibility index (Phi) is 3.32. The van der Waals surface area contributed by atoms with E-state index in [0.29, 0.717) is 5.56 Å². The Morgan fingerprint density at radius 3 is 2.89 bits per heavy atom. The minimum Gasteiger partial charge on any atom is -0.366 e. The van der Waals surface area contributed by atoms with Gasteiger partial charge in [-0.3, -0.25) is 4.79 Å². The topological polar surface area (TPSA) is 84.9 Å². The van der Waals surface area contributed by atoms with E-state index in [2.05, 4.69) is 4.98 Å². The first-order chi connectivity index (χ1) is 8.16. The largest absolute Gasteiger partial charge is 0.366 e. The number of rotatable bonds is 1. The van der Waals surface area contributed by atoms with Gasteiger partial charge in [0.2, 0.25) is 5.91 Å². The van der Waals surface area contributed by atoms with E-state index in [1.165, 1.54) is 5.56 Å². The summed E-state index contributed by atoms with van der Waals surface area (Å²) < 4.78 is 0. The van der Waals surface area contributed by atoms with Crippen molar-refractivity contribution in [3.8, 4) is 0 Å². The van der Waals surface area contributed by atoms with Crippen molar-refractivity contribution >= 4 is 29.2 Å². The molecule has 0 bridgehead atoms. The maximum Gasteiger partial charge on any atom is 0.248 e. The SMILES string of the molecule is Cl.NC(=O)c1ccc2[nH]c3c(c2c1)CCCC3N. The van der Waals surface area contributed by atoms with Crippen LogP contribution in [0.5, 0.6) is 0 Å². The number of aromatic amines is 1. The molecule has 1 aliphatic carbocycles. The first kappa shape index (κ1) is 12.9. The molecule has 18 heavy (non-hydrogen) atoms. The Hall–Kier alpha value is -1.52. The molecule has 0 radical (unpaired) electrons. The Morgan fingerprint density at radius 1 is 1.39 bits per heavy atom. The number of primary amides is 1. The summed E-state index contributed by atoms with van der Waals surface area (Å²) in [5.41, 5.74) is 15.4. The van der Waals surface area contributed by atoms with Gasteiger partial charge in [0, 0.05) is 28.2 Å². The lowest BCUT2D eigenvalue weighted by molar-refractivity contribution is 0.100. The van der Waals surface area contributed by atoms with Crippen molar-refractivity contribution in [2.45, 2.75) is 25.3 Å². The van der Waals surface area contributed by atoms with Gasteiger partial charge in [-0.1, -0.05) is 0 Å². The van der Waals surface area contributed by atoms with Gasteiger partial charge in [0.05, 0.1) is 0 Å². The molecule has 1 amide bonds. The molecule has 5 heteroatoms. The molecule has 3 rings (SSSR count). The van der Waals surface area contributed by atoms with E-state index in [9.17, 15) is 4.79 Å². The second-order valence-corrected chi connectivity index (χ2v) is 4.64. The van der Waals surface area contributed by atoms with Crippen LogP contribution in [0, 0.1) is 0 Å². The van der Waals surface area contributed by atoms with Gasteiger partial charge in [-0.05, 0) is 43.0 Å². The van der Waals surface area contributed by atoms with Crippen molar-refractivity contribution in [2.24, 2.45) is 11.5 Å². The molecule has 1 unspecified atom stereocenters. The molecule has 0 fully saturated rings. The van der Waals surface area contributed by atoms with E-state index < -0.39 is 0 Å². The highest BCUT2D eigenvalue weighted by Gasteiger charge is 2.21. The summed E-state index contributed by atoms with van der Waals surface area (Å²) in [5.74, 6) is -0.387. The standard InChI is InChI=1S/C13H15N3O.ClH/c14-10-3-1-2-8-9-6-7(13(15)17)4-5-11(9)16-12(8)10;/h4-6,10,16H,1-3,14H2,(H2,15,17);1H. The number of amides is 1. The van der Waals surface area contributed by atoms with E-state index in [1.807, 2.05) is 12.1 Å². The third-order valence-corrected chi connectivity index (χ3v) is 3.54. The quantitative estimate of drug-likeness (QED) is 0.737. The monoisotopic (exact) mass is 265 g/mol. The molecule has 2 aromatic rings. The summed E-state index contributed by atoms with van der Waals surface area (Å²) in [5, 5.41) is 1.09. The van der Waals surface area contributed by atoms with Gasteiger partial charge < -0.3 is 16.5 Å². The van der Waals surface area contributed by atoms with Gasteiger partial charge >= 0.3 is 0 Å². The maximum atomic E-state index is 11.2. The van der Waals surface area contributed by atoms with Gasteiger partial charge in [-0.25, -0.2) is 0 Å². The predicted octanol–water partition coefficient (Wildman–Crippen LogP) is 2.02. The first-order valence-corrected chi connectivity index (χ1v) is 5.86. The average molecular weight is 266 g/mol. The molecular formula is C13H16ClN3O. The lowest BCUT2D eigenvalue weighted by Crippen LogP contribution is -2.16. The zero-order chi connectivity index (χ0) is 12.0. The van der Waals surface area contributed by atoms with Crippen molar-refractivity contribution in [3.63, 3.8) is 0 Å². The zero-order valence-corrected chi connectivity index (χ0v) is 10.7. The molecule has 0 spiro atoms. The van der Waals surface area contributed by atoms with Crippen LogP contribution < -0.4 is 11.5 Å². The Balaban J connectivity index is 0.00000120. The van der Waals surface area contributed by atoms with Crippen molar-refractivity contribution in [3.05, 3.63) is 35.0 Å². The van der Waals surface area contributed by atoms with Gasteiger partial charge in [-0.2, -0.15) is 0 Å². The van der Waals surface area contributed by atoms with Crippen LogP contribution >= 0.6 is 12.4 Å². The number of fused-ring (bicyclic) bond motifs is 3. The lowest BCUT2D eigenvalue weighted by Gasteiger charge is -2.18.